The average molecular weight is 127 g/mol. The Morgan fingerprint density at radius 1 is 1.67 bits per heavy atom. The third-order valence-corrected chi connectivity index (χ3v) is 2.07. The SMILES string of the molecule is C=CC(N)C(C)(C)CC. The van der Waals surface area contributed by atoms with Gasteiger partial charge in [-0.1, -0.05) is 26.8 Å². The van der Waals surface area contributed by atoms with Crippen molar-refractivity contribution in [3.05, 3.63) is 12.7 Å². The van der Waals surface area contributed by atoms with Crippen LogP contribution in [0.4, 0.5) is 0 Å². The quantitative estimate of drug-likeness (QED) is 0.576. The molecule has 0 aromatic heterocycles. The molecule has 0 aromatic carbocycles. The number of nitrogens with two attached hydrogens (primary N) is 1. The van der Waals surface area contributed by atoms with E-state index in [2.05, 4.69) is 27.4 Å². The van der Waals surface area contributed by atoms with E-state index in [1.54, 1.807) is 0 Å². The Morgan fingerprint density at radius 3 is 2.22 bits per heavy atom. The molecular formula is C8H17N. The van der Waals surface area contributed by atoms with E-state index >= 15 is 0 Å². The second-order valence-electron chi connectivity index (χ2n) is 3.10. The minimum atomic E-state index is 0.127. The Morgan fingerprint density at radius 2 is 2.11 bits per heavy atom. The molecule has 0 aromatic rings. The fraction of sp³-hybridized carbons (Fsp3) is 0.750. The molecule has 0 amide bonds. The van der Waals surface area contributed by atoms with Crippen molar-refractivity contribution in [1.29, 1.82) is 0 Å². The Kier molecular flexibility index (Phi) is 2.92. The van der Waals surface area contributed by atoms with E-state index in [4.69, 9.17) is 5.73 Å². The van der Waals surface area contributed by atoms with Crippen molar-refractivity contribution in [2.75, 3.05) is 0 Å². The topological polar surface area (TPSA) is 26.0 Å². The monoisotopic (exact) mass is 127 g/mol. The summed E-state index contributed by atoms with van der Waals surface area (Å²) in [6.07, 6.45) is 2.91. The van der Waals surface area contributed by atoms with Gasteiger partial charge in [0, 0.05) is 6.04 Å². The predicted octanol–water partition coefficient (Wildman–Crippen LogP) is 1.94. The summed E-state index contributed by atoms with van der Waals surface area (Å²) in [5.74, 6) is 0. The van der Waals surface area contributed by atoms with Gasteiger partial charge in [0.2, 0.25) is 0 Å². The summed E-state index contributed by atoms with van der Waals surface area (Å²) in [7, 11) is 0. The van der Waals surface area contributed by atoms with Gasteiger partial charge >= 0.3 is 0 Å². The van der Waals surface area contributed by atoms with Crippen LogP contribution >= 0.6 is 0 Å². The molecule has 0 rings (SSSR count). The lowest BCUT2D eigenvalue weighted by molar-refractivity contribution is 0.312. The van der Waals surface area contributed by atoms with E-state index in [-0.39, 0.29) is 11.5 Å². The van der Waals surface area contributed by atoms with Crippen LogP contribution in [-0.2, 0) is 0 Å². The van der Waals surface area contributed by atoms with Gasteiger partial charge in [-0.25, -0.2) is 0 Å². The molecular weight excluding hydrogens is 110 g/mol. The van der Waals surface area contributed by atoms with Crippen LogP contribution in [0.1, 0.15) is 27.2 Å². The van der Waals surface area contributed by atoms with Gasteiger partial charge in [-0.2, -0.15) is 0 Å². The first-order chi connectivity index (χ1) is 4.04. The maximum atomic E-state index is 5.74. The van der Waals surface area contributed by atoms with Crippen LogP contribution in [0.15, 0.2) is 12.7 Å². The molecule has 0 bridgehead atoms. The molecule has 2 N–H and O–H groups in total. The predicted molar refractivity (Wildman–Crippen MR) is 42.2 cm³/mol. The third kappa shape index (κ3) is 2.19. The van der Waals surface area contributed by atoms with Gasteiger partial charge in [0.05, 0.1) is 0 Å². The molecule has 1 nitrogen and oxygen atoms in total. The molecule has 0 saturated heterocycles. The van der Waals surface area contributed by atoms with Gasteiger partial charge in [0.15, 0.2) is 0 Å². The second kappa shape index (κ2) is 3.02. The normalized spacial score (nSPS) is 15.1. The minimum absolute atomic E-state index is 0.127. The second-order valence-corrected chi connectivity index (χ2v) is 3.10. The largest absolute Gasteiger partial charge is 0.324 e. The van der Waals surface area contributed by atoms with Crippen LogP contribution in [0.5, 0.6) is 0 Å². The van der Waals surface area contributed by atoms with Gasteiger partial charge in [-0.3, -0.25) is 0 Å². The summed E-state index contributed by atoms with van der Waals surface area (Å²) >= 11 is 0. The maximum Gasteiger partial charge on any atom is 0.0273 e. The van der Waals surface area contributed by atoms with E-state index in [9.17, 15) is 0 Å². The molecule has 0 heterocycles. The molecule has 0 aliphatic heterocycles. The van der Waals surface area contributed by atoms with Crippen molar-refractivity contribution in [1.82, 2.24) is 0 Å². The summed E-state index contributed by atoms with van der Waals surface area (Å²) in [6.45, 7) is 10.1. The van der Waals surface area contributed by atoms with Crippen LogP contribution in [0.3, 0.4) is 0 Å². The molecule has 1 atom stereocenters. The molecule has 1 unspecified atom stereocenters. The highest BCUT2D eigenvalue weighted by Gasteiger charge is 2.20. The van der Waals surface area contributed by atoms with Crippen LogP contribution in [-0.4, -0.2) is 6.04 Å². The molecule has 0 fully saturated rings. The van der Waals surface area contributed by atoms with Gasteiger partial charge in [0.25, 0.3) is 0 Å². The summed E-state index contributed by atoms with van der Waals surface area (Å²) < 4.78 is 0. The molecule has 0 saturated carbocycles. The Balaban J connectivity index is 3.95. The van der Waals surface area contributed by atoms with Crippen molar-refractivity contribution >= 4 is 0 Å². The zero-order valence-electron chi connectivity index (χ0n) is 6.65. The van der Waals surface area contributed by atoms with E-state index < -0.39 is 0 Å². The van der Waals surface area contributed by atoms with Crippen LogP contribution < -0.4 is 5.73 Å². The highest BCUT2D eigenvalue weighted by molar-refractivity contribution is 4.92. The van der Waals surface area contributed by atoms with Gasteiger partial charge in [-0.05, 0) is 11.8 Å². The molecule has 0 aliphatic carbocycles. The van der Waals surface area contributed by atoms with Gasteiger partial charge in [-0.15, -0.1) is 6.58 Å². The highest BCUT2D eigenvalue weighted by Crippen LogP contribution is 2.23. The average Bonchev–Trinajstić information content (AvgIpc) is 1.86. The van der Waals surface area contributed by atoms with Gasteiger partial charge < -0.3 is 5.73 Å². The number of hydrogen-bond acceptors (Lipinski definition) is 1. The lowest BCUT2D eigenvalue weighted by Crippen LogP contribution is -2.34. The van der Waals surface area contributed by atoms with Crippen molar-refractivity contribution < 1.29 is 0 Å². The smallest absolute Gasteiger partial charge is 0.0273 e. The number of rotatable bonds is 3. The third-order valence-electron chi connectivity index (χ3n) is 2.07. The lowest BCUT2D eigenvalue weighted by Gasteiger charge is -2.27. The zero-order valence-corrected chi connectivity index (χ0v) is 6.65. The van der Waals surface area contributed by atoms with Crippen LogP contribution in [0, 0.1) is 5.41 Å². The van der Waals surface area contributed by atoms with Crippen LogP contribution in [0.25, 0.3) is 0 Å². The van der Waals surface area contributed by atoms with Crippen molar-refractivity contribution in [3.8, 4) is 0 Å². The molecule has 0 aliphatic rings. The van der Waals surface area contributed by atoms with Gasteiger partial charge in [0.1, 0.15) is 0 Å². The summed E-state index contributed by atoms with van der Waals surface area (Å²) in [5, 5.41) is 0. The zero-order chi connectivity index (χ0) is 7.49. The minimum Gasteiger partial charge on any atom is -0.324 e. The molecule has 54 valence electrons. The van der Waals surface area contributed by atoms with E-state index in [0.29, 0.717) is 0 Å². The van der Waals surface area contributed by atoms with Crippen LogP contribution in [0.2, 0.25) is 0 Å². The molecule has 1 heteroatoms. The van der Waals surface area contributed by atoms with Crippen molar-refractivity contribution in [2.24, 2.45) is 11.1 Å². The summed E-state index contributed by atoms with van der Waals surface area (Å²) in [4.78, 5) is 0. The van der Waals surface area contributed by atoms with E-state index in [1.165, 1.54) is 0 Å². The maximum absolute atomic E-state index is 5.74. The Bertz CT molecular complexity index is 94.7. The molecule has 0 spiro atoms. The van der Waals surface area contributed by atoms with E-state index in [1.807, 2.05) is 6.08 Å². The molecule has 9 heavy (non-hydrogen) atoms. The van der Waals surface area contributed by atoms with Crippen molar-refractivity contribution in [2.45, 2.75) is 33.2 Å². The summed E-state index contributed by atoms with van der Waals surface area (Å²) in [6, 6.07) is 0.127. The number of hydrogen-bond donors (Lipinski definition) is 1. The highest BCUT2D eigenvalue weighted by atomic mass is 14.7. The first kappa shape index (κ1) is 8.70. The first-order valence-corrected chi connectivity index (χ1v) is 3.42. The van der Waals surface area contributed by atoms with Crippen molar-refractivity contribution in [3.63, 3.8) is 0 Å². The lowest BCUT2D eigenvalue weighted by atomic mass is 9.82. The first-order valence-electron chi connectivity index (χ1n) is 3.42. The fourth-order valence-corrected chi connectivity index (χ4v) is 0.555. The summed E-state index contributed by atoms with van der Waals surface area (Å²) in [5.41, 5.74) is 5.95. The Labute approximate surface area is 57.9 Å². The fourth-order valence-electron chi connectivity index (χ4n) is 0.555. The standard InChI is InChI=1S/C8H17N/c1-5-7(9)8(3,4)6-2/h5,7H,1,6,9H2,2-4H3. The van der Waals surface area contributed by atoms with E-state index in [0.717, 1.165) is 6.42 Å². The Hall–Kier alpha value is -0.300. The molecule has 0 radical (unpaired) electrons.